The lowest BCUT2D eigenvalue weighted by Crippen LogP contribution is -2.19. The van der Waals surface area contributed by atoms with Crippen LogP contribution in [0.15, 0.2) is 47.8 Å². The largest absolute Gasteiger partial charge is 0.497 e. The van der Waals surface area contributed by atoms with Gasteiger partial charge in [0, 0.05) is 18.0 Å². The quantitative estimate of drug-likeness (QED) is 0.679. The highest BCUT2D eigenvalue weighted by molar-refractivity contribution is 6.03. The van der Waals surface area contributed by atoms with Gasteiger partial charge in [-0.25, -0.2) is 5.43 Å². The Morgan fingerprint density at radius 2 is 2.05 bits per heavy atom. The maximum absolute atomic E-state index is 11.9. The number of methoxy groups -OCH3 is 2. The highest BCUT2D eigenvalue weighted by Gasteiger charge is 2.09. The Bertz CT molecular complexity index is 684. The molecule has 0 fully saturated rings. The number of amides is 1. The van der Waals surface area contributed by atoms with Crippen molar-refractivity contribution < 1.29 is 14.3 Å². The lowest BCUT2D eigenvalue weighted by Gasteiger charge is -2.10. The summed E-state index contributed by atoms with van der Waals surface area (Å²) in [7, 11) is 3.16. The molecule has 0 bridgehead atoms. The Morgan fingerprint density at radius 3 is 2.68 bits per heavy atom. The van der Waals surface area contributed by atoms with Gasteiger partial charge in [-0.05, 0) is 37.3 Å². The fraction of sp³-hybridized carbons (Fsp3) is 0.188. The number of carbonyl (C=O) groups is 1. The molecule has 1 heterocycles. The average Bonchev–Trinajstić information content (AvgIpc) is 2.59. The Labute approximate surface area is 128 Å². The normalized spacial score (nSPS) is 11.0. The molecule has 0 aliphatic heterocycles. The first-order valence-electron chi connectivity index (χ1n) is 6.62. The summed E-state index contributed by atoms with van der Waals surface area (Å²) < 4.78 is 10.5. The fourth-order valence-electron chi connectivity index (χ4n) is 1.85. The summed E-state index contributed by atoms with van der Waals surface area (Å²) in [5.41, 5.74) is 4.29. The number of nitrogens with zero attached hydrogens (tertiary/aromatic N) is 2. The van der Waals surface area contributed by atoms with Gasteiger partial charge >= 0.3 is 0 Å². The predicted octanol–water partition coefficient (Wildman–Crippen LogP) is 2.25. The van der Waals surface area contributed by atoms with Crippen LogP contribution < -0.4 is 14.9 Å². The second kappa shape index (κ2) is 7.21. The Kier molecular flexibility index (Phi) is 5.08. The fourth-order valence-corrected chi connectivity index (χ4v) is 1.85. The molecule has 22 heavy (non-hydrogen) atoms. The van der Waals surface area contributed by atoms with Gasteiger partial charge in [-0.3, -0.25) is 9.78 Å². The van der Waals surface area contributed by atoms with E-state index in [-0.39, 0.29) is 5.91 Å². The minimum Gasteiger partial charge on any atom is -0.497 e. The highest BCUT2D eigenvalue weighted by Crippen LogP contribution is 2.24. The van der Waals surface area contributed by atoms with Crippen molar-refractivity contribution >= 4 is 11.6 Å². The predicted molar refractivity (Wildman–Crippen MR) is 83.5 cm³/mol. The Hall–Kier alpha value is -2.89. The standard InChI is InChI=1S/C16H17N3O3/c1-11(14-9-13(21-2)6-7-15(14)22-3)18-19-16(20)12-5-4-8-17-10-12/h4-10H,1-3H3,(H,19,20). The zero-order valence-corrected chi connectivity index (χ0v) is 12.7. The zero-order chi connectivity index (χ0) is 15.9. The van der Waals surface area contributed by atoms with Crippen molar-refractivity contribution in [2.24, 2.45) is 5.10 Å². The average molecular weight is 299 g/mol. The molecule has 6 heteroatoms. The smallest absolute Gasteiger partial charge is 0.272 e. The van der Waals surface area contributed by atoms with Crippen LogP contribution in [-0.2, 0) is 0 Å². The van der Waals surface area contributed by atoms with Crippen LogP contribution >= 0.6 is 0 Å². The van der Waals surface area contributed by atoms with Crippen molar-refractivity contribution in [1.29, 1.82) is 0 Å². The summed E-state index contributed by atoms with van der Waals surface area (Å²) >= 11 is 0. The molecule has 2 rings (SSSR count). The first kappa shape index (κ1) is 15.5. The molecule has 0 aliphatic rings. The van der Waals surface area contributed by atoms with Crippen LogP contribution in [0.5, 0.6) is 11.5 Å². The van der Waals surface area contributed by atoms with Crippen molar-refractivity contribution in [3.05, 3.63) is 53.9 Å². The summed E-state index contributed by atoms with van der Waals surface area (Å²) in [5, 5.41) is 4.11. The van der Waals surface area contributed by atoms with E-state index in [0.717, 1.165) is 5.56 Å². The van der Waals surface area contributed by atoms with E-state index < -0.39 is 0 Å². The molecule has 1 N–H and O–H groups in total. The molecule has 114 valence electrons. The van der Waals surface area contributed by atoms with E-state index in [9.17, 15) is 4.79 Å². The van der Waals surface area contributed by atoms with E-state index in [1.165, 1.54) is 6.20 Å². The molecule has 0 aliphatic carbocycles. The van der Waals surface area contributed by atoms with Crippen LogP contribution in [-0.4, -0.2) is 30.8 Å². The first-order valence-corrected chi connectivity index (χ1v) is 6.62. The third kappa shape index (κ3) is 3.60. The summed E-state index contributed by atoms with van der Waals surface area (Å²) in [6.07, 6.45) is 3.08. The van der Waals surface area contributed by atoms with Crippen LogP contribution in [0.25, 0.3) is 0 Å². The first-order chi connectivity index (χ1) is 10.7. The van der Waals surface area contributed by atoms with Crippen molar-refractivity contribution in [2.75, 3.05) is 14.2 Å². The maximum atomic E-state index is 11.9. The van der Waals surface area contributed by atoms with Gasteiger partial charge in [0.1, 0.15) is 11.5 Å². The SMILES string of the molecule is COc1ccc(OC)c(C(C)=NNC(=O)c2cccnc2)c1. The molecule has 0 saturated heterocycles. The third-order valence-corrected chi connectivity index (χ3v) is 3.05. The van der Waals surface area contributed by atoms with Gasteiger partial charge in [0.05, 0.1) is 25.5 Å². The monoisotopic (exact) mass is 299 g/mol. The number of hydrazone groups is 1. The number of ether oxygens (including phenoxy) is 2. The molecule has 6 nitrogen and oxygen atoms in total. The van der Waals surface area contributed by atoms with Gasteiger partial charge in [0.25, 0.3) is 5.91 Å². The van der Waals surface area contributed by atoms with Crippen molar-refractivity contribution in [3.8, 4) is 11.5 Å². The maximum Gasteiger partial charge on any atom is 0.272 e. The van der Waals surface area contributed by atoms with Gasteiger partial charge in [0.15, 0.2) is 0 Å². The van der Waals surface area contributed by atoms with E-state index in [1.54, 1.807) is 57.7 Å². The van der Waals surface area contributed by atoms with Crippen LogP contribution in [0.3, 0.4) is 0 Å². The number of hydrogen-bond acceptors (Lipinski definition) is 5. The van der Waals surface area contributed by atoms with E-state index in [4.69, 9.17) is 9.47 Å². The lowest BCUT2D eigenvalue weighted by atomic mass is 10.1. The summed E-state index contributed by atoms with van der Waals surface area (Å²) in [5.74, 6) is 1.01. The third-order valence-electron chi connectivity index (χ3n) is 3.05. The number of rotatable bonds is 5. The van der Waals surface area contributed by atoms with Crippen molar-refractivity contribution in [1.82, 2.24) is 10.4 Å². The summed E-state index contributed by atoms with van der Waals surface area (Å²) in [4.78, 5) is 15.8. The number of benzene rings is 1. The van der Waals surface area contributed by atoms with Crippen molar-refractivity contribution in [2.45, 2.75) is 6.92 Å². The van der Waals surface area contributed by atoms with E-state index in [2.05, 4.69) is 15.5 Å². The topological polar surface area (TPSA) is 72.8 Å². The lowest BCUT2D eigenvalue weighted by molar-refractivity contribution is 0.0954. The zero-order valence-electron chi connectivity index (χ0n) is 12.7. The van der Waals surface area contributed by atoms with Crippen LogP contribution in [0.2, 0.25) is 0 Å². The van der Waals surface area contributed by atoms with Gasteiger partial charge in [-0.15, -0.1) is 0 Å². The minimum absolute atomic E-state index is 0.325. The number of aromatic nitrogens is 1. The Balaban J connectivity index is 2.20. The molecule has 0 unspecified atom stereocenters. The molecule has 0 atom stereocenters. The van der Waals surface area contributed by atoms with Crippen LogP contribution in [0.1, 0.15) is 22.8 Å². The molecular weight excluding hydrogens is 282 g/mol. The Morgan fingerprint density at radius 1 is 1.23 bits per heavy atom. The number of pyridine rings is 1. The van der Waals surface area contributed by atoms with Crippen molar-refractivity contribution in [3.63, 3.8) is 0 Å². The van der Waals surface area contributed by atoms with E-state index >= 15 is 0 Å². The van der Waals surface area contributed by atoms with Gasteiger partial charge in [-0.2, -0.15) is 5.10 Å². The molecule has 1 aromatic carbocycles. The van der Waals surface area contributed by atoms with E-state index in [1.807, 2.05) is 0 Å². The molecule has 1 aromatic heterocycles. The molecule has 1 amide bonds. The van der Waals surface area contributed by atoms with Gasteiger partial charge in [0.2, 0.25) is 0 Å². The van der Waals surface area contributed by atoms with Crippen LogP contribution in [0.4, 0.5) is 0 Å². The summed E-state index contributed by atoms with van der Waals surface area (Å²) in [6.45, 7) is 1.78. The number of nitrogens with one attached hydrogen (secondary N) is 1. The minimum atomic E-state index is -0.325. The van der Waals surface area contributed by atoms with Gasteiger partial charge in [-0.1, -0.05) is 0 Å². The molecule has 2 aromatic rings. The second-order valence-corrected chi connectivity index (χ2v) is 4.45. The molecular formula is C16H17N3O3. The second-order valence-electron chi connectivity index (χ2n) is 4.45. The highest BCUT2D eigenvalue weighted by atomic mass is 16.5. The van der Waals surface area contributed by atoms with E-state index in [0.29, 0.717) is 22.8 Å². The number of hydrogen-bond donors (Lipinski definition) is 1. The summed E-state index contributed by atoms with van der Waals surface area (Å²) in [6, 6.07) is 8.74. The molecule has 0 spiro atoms. The number of carbonyl (C=O) groups excluding carboxylic acids is 1. The van der Waals surface area contributed by atoms with Crippen LogP contribution in [0, 0.1) is 0 Å². The molecule has 0 radical (unpaired) electrons. The van der Waals surface area contributed by atoms with Gasteiger partial charge < -0.3 is 9.47 Å². The molecule has 0 saturated carbocycles.